The number of nitrogens with two attached hydrogens (primary N) is 1. The molecule has 0 saturated heterocycles. The van der Waals surface area contributed by atoms with E-state index in [0.717, 1.165) is 5.61 Å². The average Bonchev–Trinajstić information content (AvgIpc) is 2.63. The first kappa shape index (κ1) is 12.7. The van der Waals surface area contributed by atoms with E-state index in [-0.39, 0.29) is 16.4 Å². The molecule has 0 amide bonds. The summed E-state index contributed by atoms with van der Waals surface area (Å²) >= 11 is 5.80. The third kappa shape index (κ3) is 2.01. The van der Waals surface area contributed by atoms with Gasteiger partial charge in [0.25, 0.3) is 0 Å². The molecule has 1 unspecified atom stereocenters. The van der Waals surface area contributed by atoms with E-state index in [1.165, 1.54) is 6.07 Å². The Kier molecular flexibility index (Phi) is 2.94. The highest BCUT2D eigenvalue weighted by molar-refractivity contribution is 6.59. The minimum atomic E-state index is -1.23. The molecule has 6 nitrogen and oxygen atoms in total. The summed E-state index contributed by atoms with van der Waals surface area (Å²) in [5.74, 6) is -1.23. The van der Waals surface area contributed by atoms with Gasteiger partial charge in [-0.25, -0.2) is 9.78 Å². The number of nitrogens with zero attached hydrogens (tertiary/aromatic N) is 2. The van der Waals surface area contributed by atoms with Gasteiger partial charge in [-0.3, -0.25) is 0 Å². The molecule has 2 heterocycles. The van der Waals surface area contributed by atoms with Crippen LogP contribution in [-0.2, 0) is 10.4 Å². The van der Waals surface area contributed by atoms with Crippen LogP contribution in [0.5, 0.6) is 0 Å². The number of anilines is 1. The molecule has 0 radical (unpaired) electrons. The molecule has 1 aromatic heterocycles. The van der Waals surface area contributed by atoms with E-state index >= 15 is 0 Å². The fraction of sp³-hybridized carbons (Fsp3) is 0.300. The largest absolute Gasteiger partial charge is 0.476 e. The topological polar surface area (TPSA) is 97.8 Å². The Morgan fingerprint density at radius 3 is 2.89 bits per heavy atom. The Hall–Kier alpha value is -1.76. The lowest BCUT2D eigenvalue weighted by Gasteiger charge is -2.21. The van der Waals surface area contributed by atoms with E-state index in [9.17, 15) is 4.79 Å². The lowest BCUT2D eigenvalue weighted by atomic mass is 9.87. The molecule has 0 saturated carbocycles. The molecule has 18 heavy (non-hydrogen) atoms. The number of aromatic carboxylic acids is 1. The standard InChI is InChI=1S/C10H11BClN3O3/c1-10(3-6(11)15-18-10)5-2-4(13)7(12)8(14-5)9(16)17/h2H,3,11H2,1H3,(H2,13,14)(H,16,17). The molecule has 1 aromatic rings. The van der Waals surface area contributed by atoms with Crippen molar-refractivity contribution in [1.29, 1.82) is 0 Å². The van der Waals surface area contributed by atoms with Crippen LogP contribution in [0.25, 0.3) is 0 Å². The predicted molar refractivity (Wildman–Crippen MR) is 69.7 cm³/mol. The van der Waals surface area contributed by atoms with Gasteiger partial charge in [-0.05, 0) is 13.0 Å². The van der Waals surface area contributed by atoms with Crippen molar-refractivity contribution in [3.63, 3.8) is 0 Å². The number of carbonyl (C=O) groups is 1. The Labute approximate surface area is 109 Å². The molecule has 1 aliphatic heterocycles. The third-order valence-electron chi connectivity index (χ3n) is 2.73. The van der Waals surface area contributed by atoms with Gasteiger partial charge in [-0.1, -0.05) is 11.6 Å². The lowest BCUT2D eigenvalue weighted by Crippen LogP contribution is -2.25. The Bertz CT molecular complexity index is 564. The highest BCUT2D eigenvalue weighted by Crippen LogP contribution is 2.35. The zero-order chi connectivity index (χ0) is 13.5. The van der Waals surface area contributed by atoms with E-state index < -0.39 is 11.6 Å². The minimum Gasteiger partial charge on any atom is -0.476 e. The summed E-state index contributed by atoms with van der Waals surface area (Å²) in [7, 11) is 1.82. The molecule has 94 valence electrons. The maximum atomic E-state index is 11.0. The highest BCUT2D eigenvalue weighted by Gasteiger charge is 2.37. The molecule has 0 aliphatic carbocycles. The molecule has 0 aromatic carbocycles. The number of aromatic nitrogens is 1. The number of oxime groups is 1. The normalized spacial score (nSPS) is 22.4. The number of carboxylic acid groups (broad SMARTS) is 1. The van der Waals surface area contributed by atoms with Gasteiger partial charge in [0.15, 0.2) is 19.1 Å². The lowest BCUT2D eigenvalue weighted by molar-refractivity contribution is -0.0109. The third-order valence-corrected chi connectivity index (χ3v) is 3.12. The second-order valence-electron chi connectivity index (χ2n) is 4.39. The fourth-order valence-electron chi connectivity index (χ4n) is 1.83. The van der Waals surface area contributed by atoms with Crippen molar-refractivity contribution in [2.45, 2.75) is 18.9 Å². The Morgan fingerprint density at radius 2 is 2.39 bits per heavy atom. The number of hydrogen-bond donors (Lipinski definition) is 2. The summed E-state index contributed by atoms with van der Waals surface area (Å²) in [5, 5.41) is 12.8. The Balaban J connectivity index is 2.50. The van der Waals surface area contributed by atoms with Gasteiger partial charge in [0.05, 0.1) is 16.4 Å². The monoisotopic (exact) mass is 267 g/mol. The smallest absolute Gasteiger partial charge is 0.356 e. The van der Waals surface area contributed by atoms with Crippen LogP contribution in [0, 0.1) is 0 Å². The molecule has 2 rings (SSSR count). The van der Waals surface area contributed by atoms with Crippen LogP contribution in [0.1, 0.15) is 29.5 Å². The molecule has 0 bridgehead atoms. The van der Waals surface area contributed by atoms with Gasteiger partial charge in [0.1, 0.15) is 0 Å². The molecule has 0 spiro atoms. The van der Waals surface area contributed by atoms with Crippen molar-refractivity contribution in [1.82, 2.24) is 4.98 Å². The van der Waals surface area contributed by atoms with Crippen molar-refractivity contribution in [2.24, 2.45) is 5.16 Å². The van der Waals surface area contributed by atoms with Crippen molar-refractivity contribution in [3.8, 4) is 0 Å². The van der Waals surface area contributed by atoms with E-state index in [2.05, 4.69) is 10.1 Å². The van der Waals surface area contributed by atoms with Crippen molar-refractivity contribution < 1.29 is 14.7 Å². The van der Waals surface area contributed by atoms with E-state index in [0.29, 0.717) is 12.1 Å². The van der Waals surface area contributed by atoms with Gasteiger partial charge in [-0.2, -0.15) is 0 Å². The molecular formula is C10H11BClN3O3. The number of pyridine rings is 1. The molecule has 3 N–H and O–H groups in total. The van der Waals surface area contributed by atoms with E-state index in [4.69, 9.17) is 27.3 Å². The van der Waals surface area contributed by atoms with Gasteiger partial charge < -0.3 is 15.7 Å². The van der Waals surface area contributed by atoms with E-state index in [1.807, 2.05) is 7.85 Å². The fourth-order valence-corrected chi connectivity index (χ4v) is 2.01. The van der Waals surface area contributed by atoms with Gasteiger partial charge >= 0.3 is 5.97 Å². The average molecular weight is 267 g/mol. The first-order valence-corrected chi connectivity index (χ1v) is 5.63. The van der Waals surface area contributed by atoms with Crippen LogP contribution in [0.2, 0.25) is 5.02 Å². The summed E-state index contributed by atoms with van der Waals surface area (Å²) in [6.45, 7) is 1.77. The second-order valence-corrected chi connectivity index (χ2v) is 4.77. The van der Waals surface area contributed by atoms with Crippen molar-refractivity contribution in [2.75, 3.05) is 5.73 Å². The Morgan fingerprint density at radius 1 is 1.72 bits per heavy atom. The van der Waals surface area contributed by atoms with Crippen LogP contribution >= 0.6 is 11.6 Å². The van der Waals surface area contributed by atoms with Crippen LogP contribution in [0.15, 0.2) is 11.2 Å². The summed E-state index contributed by atoms with van der Waals surface area (Å²) in [6, 6.07) is 1.52. The minimum absolute atomic E-state index is 0.0644. The van der Waals surface area contributed by atoms with Crippen molar-refractivity contribution >= 4 is 36.7 Å². The van der Waals surface area contributed by atoms with Gasteiger partial charge in [0.2, 0.25) is 0 Å². The SMILES string of the molecule is BC1=NOC(C)(c2cc(N)c(Cl)c(C(=O)O)n2)C1. The first-order chi connectivity index (χ1) is 8.33. The number of carboxylic acids is 1. The van der Waals surface area contributed by atoms with Crippen molar-refractivity contribution in [3.05, 3.63) is 22.5 Å². The second kappa shape index (κ2) is 4.17. The zero-order valence-electron chi connectivity index (χ0n) is 9.90. The quantitative estimate of drug-likeness (QED) is 0.765. The van der Waals surface area contributed by atoms with Gasteiger partial charge in [0, 0.05) is 12.0 Å². The summed E-state index contributed by atoms with van der Waals surface area (Å²) < 4.78 is 0. The molecule has 8 heteroatoms. The number of nitrogen functional groups attached to an aromatic ring is 1. The molecule has 1 aliphatic rings. The predicted octanol–water partition coefficient (Wildman–Crippen LogP) is 0.597. The van der Waals surface area contributed by atoms with E-state index in [1.54, 1.807) is 6.92 Å². The number of halogens is 1. The molecular weight excluding hydrogens is 256 g/mol. The van der Waals surface area contributed by atoms with Gasteiger partial charge in [-0.15, -0.1) is 5.16 Å². The maximum absolute atomic E-state index is 11.0. The maximum Gasteiger partial charge on any atom is 0.356 e. The molecule has 0 fully saturated rings. The summed E-state index contributed by atoms with van der Waals surface area (Å²) in [4.78, 5) is 20.4. The number of rotatable bonds is 2. The summed E-state index contributed by atoms with van der Waals surface area (Å²) in [5.41, 5.74) is 5.99. The van der Waals surface area contributed by atoms with Crippen LogP contribution in [0.4, 0.5) is 5.69 Å². The number of hydrogen-bond acceptors (Lipinski definition) is 5. The summed E-state index contributed by atoms with van der Waals surface area (Å²) in [6.07, 6.45) is 0.528. The first-order valence-electron chi connectivity index (χ1n) is 5.25. The molecule has 1 atom stereocenters. The zero-order valence-corrected chi connectivity index (χ0v) is 10.7. The van der Waals surface area contributed by atoms with Crippen LogP contribution in [-0.4, -0.2) is 29.5 Å². The van der Waals surface area contributed by atoms with Crippen LogP contribution in [0.3, 0.4) is 0 Å². The highest BCUT2D eigenvalue weighted by atomic mass is 35.5. The van der Waals surface area contributed by atoms with Crippen LogP contribution < -0.4 is 5.73 Å².